The molecule has 0 saturated carbocycles. The van der Waals surface area contributed by atoms with E-state index in [1.807, 2.05) is 19.9 Å². The fraction of sp³-hybridized carbons (Fsp3) is 0.364. The van der Waals surface area contributed by atoms with Crippen molar-refractivity contribution in [3.63, 3.8) is 0 Å². The number of rotatable bonds is 0. The number of fused-ring (bicyclic) bond motifs is 1. The van der Waals surface area contributed by atoms with Gasteiger partial charge < -0.3 is 0 Å². The normalized spacial score (nSPS) is 12.8. The minimum absolute atomic E-state index is 0.955. The molecule has 1 heterocycles. The van der Waals surface area contributed by atoms with Gasteiger partial charge in [-0.1, -0.05) is 38.1 Å². The van der Waals surface area contributed by atoms with Crippen molar-refractivity contribution in [3.8, 4) is 0 Å². The minimum Gasteiger partial charge on any atom is -0.284 e. The van der Waals surface area contributed by atoms with Crippen LogP contribution in [-0.2, 0) is 0 Å². The third kappa shape index (κ3) is 1.94. The van der Waals surface area contributed by atoms with Crippen LogP contribution in [0.4, 0.5) is 0 Å². The lowest BCUT2D eigenvalue weighted by Crippen LogP contribution is -2.26. The lowest BCUT2D eigenvalue weighted by Gasteiger charge is -1.96. The molecule has 0 spiro atoms. The van der Waals surface area contributed by atoms with E-state index in [9.17, 15) is 0 Å². The van der Waals surface area contributed by atoms with Gasteiger partial charge in [-0.05, 0) is 17.7 Å². The van der Waals surface area contributed by atoms with Gasteiger partial charge in [0.25, 0.3) is 0 Å². The van der Waals surface area contributed by atoms with Gasteiger partial charge >= 0.3 is 0 Å². The van der Waals surface area contributed by atoms with Gasteiger partial charge in [0.05, 0.1) is 5.36 Å². The van der Waals surface area contributed by atoms with Crippen LogP contribution in [0.1, 0.15) is 20.3 Å². The summed E-state index contributed by atoms with van der Waals surface area (Å²) in [4.78, 5) is 4.36. The Hall–Kier alpha value is -1.11. The summed E-state index contributed by atoms with van der Waals surface area (Å²) in [5.41, 5.74) is 0. The zero-order valence-corrected chi connectivity index (χ0v) is 7.75. The van der Waals surface area contributed by atoms with Crippen LogP contribution >= 0.6 is 0 Å². The van der Waals surface area contributed by atoms with Gasteiger partial charge in [-0.25, -0.2) is 0 Å². The zero-order chi connectivity index (χ0) is 8.81. The van der Waals surface area contributed by atoms with Crippen LogP contribution in [0.5, 0.6) is 0 Å². The molecule has 0 unspecified atom stereocenters. The third-order valence-electron chi connectivity index (χ3n) is 1.71. The Morgan fingerprint density at radius 1 is 1.17 bits per heavy atom. The summed E-state index contributed by atoms with van der Waals surface area (Å²) in [5.74, 6) is 0. The first-order valence-corrected chi connectivity index (χ1v) is 4.56. The molecule has 0 saturated heterocycles. The minimum atomic E-state index is 0.955. The molecule has 0 radical (unpaired) electrons. The van der Waals surface area contributed by atoms with Crippen molar-refractivity contribution in [2.45, 2.75) is 20.3 Å². The first-order chi connectivity index (χ1) is 5.97. The summed E-state index contributed by atoms with van der Waals surface area (Å²) < 4.78 is 0. The standard InChI is InChI=1S/C9H9N.C2H6/c1-2-6-9-8(4-1)5-3-7-10-9;1-2/h1-2,4-6H,3,7H2;1-2H3. The molecule has 12 heavy (non-hydrogen) atoms. The predicted octanol–water partition coefficient (Wildman–Crippen LogP) is 1.52. The molecule has 1 aromatic carbocycles. The summed E-state index contributed by atoms with van der Waals surface area (Å²) in [5, 5.41) is 2.43. The Balaban J connectivity index is 0.000000336. The van der Waals surface area contributed by atoms with Crippen LogP contribution < -0.4 is 10.6 Å². The maximum atomic E-state index is 4.36. The SMILES string of the molecule is C1=c2ccccc2=NCC1.CC. The number of nitrogens with zero attached hydrogens (tertiary/aromatic N) is 1. The fourth-order valence-electron chi connectivity index (χ4n) is 1.21. The van der Waals surface area contributed by atoms with Crippen molar-refractivity contribution in [1.82, 2.24) is 0 Å². The van der Waals surface area contributed by atoms with Crippen molar-refractivity contribution < 1.29 is 0 Å². The molecule has 64 valence electrons. The van der Waals surface area contributed by atoms with Gasteiger partial charge in [-0.3, -0.25) is 4.99 Å². The number of benzene rings is 1. The van der Waals surface area contributed by atoms with Gasteiger partial charge in [0.1, 0.15) is 0 Å². The van der Waals surface area contributed by atoms with Crippen LogP contribution in [0.3, 0.4) is 0 Å². The molecule has 0 fully saturated rings. The van der Waals surface area contributed by atoms with E-state index in [0.717, 1.165) is 18.3 Å². The van der Waals surface area contributed by atoms with Crippen molar-refractivity contribution in [3.05, 3.63) is 34.8 Å². The van der Waals surface area contributed by atoms with Crippen LogP contribution in [-0.4, -0.2) is 6.54 Å². The van der Waals surface area contributed by atoms with Crippen LogP contribution in [0.25, 0.3) is 6.08 Å². The van der Waals surface area contributed by atoms with Crippen molar-refractivity contribution >= 4 is 6.08 Å². The second-order valence-electron chi connectivity index (χ2n) is 2.43. The highest BCUT2D eigenvalue weighted by Crippen LogP contribution is 1.85. The summed E-state index contributed by atoms with van der Waals surface area (Å²) >= 11 is 0. The maximum Gasteiger partial charge on any atom is 0.0643 e. The summed E-state index contributed by atoms with van der Waals surface area (Å²) in [6.45, 7) is 4.96. The van der Waals surface area contributed by atoms with E-state index in [1.165, 1.54) is 5.22 Å². The molecule has 1 aliphatic heterocycles. The number of hydrogen-bond donors (Lipinski definition) is 0. The molecular weight excluding hydrogens is 146 g/mol. The zero-order valence-electron chi connectivity index (χ0n) is 7.75. The molecule has 2 rings (SSSR count). The summed E-state index contributed by atoms with van der Waals surface area (Å²) in [7, 11) is 0. The van der Waals surface area contributed by atoms with E-state index >= 15 is 0 Å². The van der Waals surface area contributed by atoms with E-state index in [2.05, 4.69) is 29.3 Å². The molecular formula is C11H15N. The molecule has 0 aliphatic carbocycles. The largest absolute Gasteiger partial charge is 0.284 e. The van der Waals surface area contributed by atoms with Crippen molar-refractivity contribution in [1.29, 1.82) is 0 Å². The molecule has 0 bridgehead atoms. The second-order valence-corrected chi connectivity index (χ2v) is 2.43. The molecule has 1 heteroatoms. The van der Waals surface area contributed by atoms with Gasteiger partial charge in [0.15, 0.2) is 0 Å². The monoisotopic (exact) mass is 161 g/mol. The van der Waals surface area contributed by atoms with Crippen LogP contribution in [0, 0.1) is 0 Å². The Morgan fingerprint density at radius 3 is 2.67 bits per heavy atom. The van der Waals surface area contributed by atoms with E-state index < -0.39 is 0 Å². The highest BCUT2D eigenvalue weighted by atomic mass is 14.7. The quantitative estimate of drug-likeness (QED) is 0.547. The topological polar surface area (TPSA) is 12.4 Å². The number of hydrogen-bond acceptors (Lipinski definition) is 1. The fourth-order valence-corrected chi connectivity index (χ4v) is 1.21. The van der Waals surface area contributed by atoms with E-state index in [-0.39, 0.29) is 0 Å². The van der Waals surface area contributed by atoms with Gasteiger partial charge in [-0.15, -0.1) is 0 Å². The molecule has 1 nitrogen and oxygen atoms in total. The maximum absolute atomic E-state index is 4.36. The highest BCUT2D eigenvalue weighted by molar-refractivity contribution is 5.25. The first kappa shape index (κ1) is 8.98. The molecule has 1 aromatic rings. The van der Waals surface area contributed by atoms with Gasteiger partial charge in [-0.2, -0.15) is 0 Å². The predicted molar refractivity (Wildman–Crippen MR) is 52.5 cm³/mol. The van der Waals surface area contributed by atoms with E-state index in [0.29, 0.717) is 0 Å². The average molecular weight is 161 g/mol. The lowest BCUT2D eigenvalue weighted by atomic mass is 10.2. The Labute approximate surface area is 73.5 Å². The number of para-hydroxylation sites is 1. The molecule has 0 N–H and O–H groups in total. The first-order valence-electron chi connectivity index (χ1n) is 4.56. The summed E-state index contributed by atoms with van der Waals surface area (Å²) in [6, 6.07) is 8.25. The molecule has 0 aromatic heterocycles. The van der Waals surface area contributed by atoms with Crippen molar-refractivity contribution in [2.24, 2.45) is 4.99 Å². The van der Waals surface area contributed by atoms with E-state index in [1.54, 1.807) is 0 Å². The Kier molecular flexibility index (Phi) is 3.52. The molecule has 1 aliphatic rings. The lowest BCUT2D eigenvalue weighted by molar-refractivity contribution is 0.960. The molecule has 0 atom stereocenters. The molecule has 0 amide bonds. The van der Waals surface area contributed by atoms with Gasteiger partial charge in [0.2, 0.25) is 0 Å². The average Bonchev–Trinajstić information content (AvgIpc) is 2.21. The highest BCUT2D eigenvalue weighted by Gasteiger charge is 1.89. The van der Waals surface area contributed by atoms with Crippen LogP contribution in [0.2, 0.25) is 0 Å². The van der Waals surface area contributed by atoms with Gasteiger partial charge in [0, 0.05) is 6.54 Å². The van der Waals surface area contributed by atoms with Crippen LogP contribution in [0.15, 0.2) is 29.3 Å². The smallest absolute Gasteiger partial charge is 0.0643 e. The third-order valence-corrected chi connectivity index (χ3v) is 1.71. The Bertz CT molecular complexity index is 303. The second kappa shape index (κ2) is 4.70. The Morgan fingerprint density at radius 2 is 1.92 bits per heavy atom. The van der Waals surface area contributed by atoms with E-state index in [4.69, 9.17) is 0 Å². The summed E-state index contributed by atoms with van der Waals surface area (Å²) in [6.07, 6.45) is 3.33. The van der Waals surface area contributed by atoms with Crippen molar-refractivity contribution in [2.75, 3.05) is 6.54 Å².